The molecule has 1 saturated heterocycles. The van der Waals surface area contributed by atoms with Crippen molar-refractivity contribution in [3.8, 4) is 0 Å². The number of furan rings is 1. The highest BCUT2D eigenvalue weighted by atomic mass is 35.5. The van der Waals surface area contributed by atoms with Crippen molar-refractivity contribution in [3.05, 3.63) is 17.9 Å². The maximum atomic E-state index is 12.2. The highest BCUT2D eigenvalue weighted by Crippen LogP contribution is 2.23. The molecule has 108 valence electrons. The minimum atomic E-state index is -0.00146. The van der Waals surface area contributed by atoms with E-state index in [0.29, 0.717) is 11.7 Å². The number of halogens is 1. The summed E-state index contributed by atoms with van der Waals surface area (Å²) in [5, 5.41) is 0.781. The molecule has 2 heterocycles. The van der Waals surface area contributed by atoms with Gasteiger partial charge in [-0.15, -0.1) is 12.4 Å². The quantitative estimate of drug-likeness (QED) is 0.872. The molecule has 1 fully saturated rings. The predicted molar refractivity (Wildman–Crippen MR) is 80.0 cm³/mol. The van der Waals surface area contributed by atoms with Crippen LogP contribution >= 0.6 is 24.2 Å². The van der Waals surface area contributed by atoms with Gasteiger partial charge in [-0.05, 0) is 44.1 Å². The number of likely N-dealkylation sites (tertiary alicyclic amines) is 1. The second-order valence-electron chi connectivity index (χ2n) is 4.81. The first-order valence-electron chi connectivity index (χ1n) is 6.30. The largest absolute Gasteiger partial charge is 0.445 e. The molecule has 19 heavy (non-hydrogen) atoms. The molecule has 4 nitrogen and oxygen atoms in total. The van der Waals surface area contributed by atoms with Crippen molar-refractivity contribution in [2.45, 2.75) is 30.9 Å². The smallest absolute Gasteiger partial charge is 0.289 e. The molecule has 2 N–H and O–H groups in total. The van der Waals surface area contributed by atoms with Crippen LogP contribution in [0.2, 0.25) is 0 Å². The summed E-state index contributed by atoms with van der Waals surface area (Å²) < 4.78 is 5.47. The van der Waals surface area contributed by atoms with Crippen LogP contribution < -0.4 is 5.73 Å². The molecule has 0 spiro atoms. The Kier molecular flexibility index (Phi) is 6.23. The van der Waals surface area contributed by atoms with Gasteiger partial charge in [0.15, 0.2) is 10.9 Å². The van der Waals surface area contributed by atoms with Crippen LogP contribution in [-0.2, 0) is 0 Å². The van der Waals surface area contributed by atoms with Gasteiger partial charge in [-0.3, -0.25) is 4.79 Å². The van der Waals surface area contributed by atoms with E-state index in [9.17, 15) is 4.79 Å². The van der Waals surface area contributed by atoms with Gasteiger partial charge in [-0.25, -0.2) is 0 Å². The van der Waals surface area contributed by atoms with Crippen LogP contribution in [0.1, 0.15) is 30.3 Å². The summed E-state index contributed by atoms with van der Waals surface area (Å²) in [7, 11) is 0. The topological polar surface area (TPSA) is 59.5 Å². The van der Waals surface area contributed by atoms with E-state index in [0.717, 1.165) is 31.0 Å². The standard InChI is InChI=1S/C13H20N2O2S.ClH/c1-9(14)10-5-7-15(8-6-10)13(16)11-3-4-12(17-11)18-2;/h3-4,9-10H,5-8,14H2,1-2H3;1H. The summed E-state index contributed by atoms with van der Waals surface area (Å²) in [5.41, 5.74) is 5.90. The molecule has 1 atom stereocenters. The van der Waals surface area contributed by atoms with Crippen LogP contribution in [0.5, 0.6) is 0 Å². The first-order valence-corrected chi connectivity index (χ1v) is 7.53. The van der Waals surface area contributed by atoms with E-state index in [1.807, 2.05) is 24.1 Å². The van der Waals surface area contributed by atoms with Gasteiger partial charge < -0.3 is 15.1 Å². The number of nitrogens with two attached hydrogens (primary N) is 1. The average Bonchev–Trinajstić information content (AvgIpc) is 2.86. The number of piperidine rings is 1. The Morgan fingerprint density at radius 2 is 2.11 bits per heavy atom. The summed E-state index contributed by atoms with van der Waals surface area (Å²) in [6.07, 6.45) is 3.90. The zero-order valence-corrected chi connectivity index (χ0v) is 12.9. The van der Waals surface area contributed by atoms with Crippen molar-refractivity contribution in [1.82, 2.24) is 4.90 Å². The average molecular weight is 305 g/mol. The minimum absolute atomic E-state index is 0. The Hall–Kier alpha value is -0.650. The molecule has 6 heteroatoms. The Bertz CT molecular complexity index is 415. The van der Waals surface area contributed by atoms with E-state index in [1.165, 1.54) is 11.8 Å². The fourth-order valence-electron chi connectivity index (χ4n) is 2.33. The highest BCUT2D eigenvalue weighted by molar-refractivity contribution is 7.98. The molecule has 1 amide bonds. The maximum Gasteiger partial charge on any atom is 0.289 e. The number of thioether (sulfide) groups is 1. The molecule has 0 radical (unpaired) electrons. The van der Waals surface area contributed by atoms with Crippen molar-refractivity contribution in [2.75, 3.05) is 19.3 Å². The summed E-state index contributed by atoms with van der Waals surface area (Å²) in [6.45, 7) is 3.60. The Morgan fingerprint density at radius 3 is 2.58 bits per heavy atom. The Morgan fingerprint density at radius 1 is 1.47 bits per heavy atom. The van der Waals surface area contributed by atoms with E-state index >= 15 is 0 Å². The molecule has 1 aliphatic rings. The molecule has 0 aromatic carbocycles. The number of rotatable bonds is 3. The lowest BCUT2D eigenvalue weighted by molar-refractivity contribution is 0.0644. The van der Waals surface area contributed by atoms with E-state index in [2.05, 4.69) is 0 Å². The van der Waals surface area contributed by atoms with Crippen LogP contribution in [0.15, 0.2) is 21.6 Å². The fraction of sp³-hybridized carbons (Fsp3) is 0.615. The number of nitrogens with zero attached hydrogens (tertiary/aromatic N) is 1. The third kappa shape index (κ3) is 3.91. The molecule has 1 aromatic heterocycles. The van der Waals surface area contributed by atoms with Gasteiger partial charge in [0.25, 0.3) is 5.91 Å². The van der Waals surface area contributed by atoms with Gasteiger partial charge in [-0.2, -0.15) is 0 Å². The third-order valence-electron chi connectivity index (χ3n) is 3.56. The SMILES string of the molecule is CSc1ccc(C(=O)N2CCC(C(C)N)CC2)o1.Cl. The third-order valence-corrected chi connectivity index (χ3v) is 4.19. The van der Waals surface area contributed by atoms with Crippen molar-refractivity contribution in [1.29, 1.82) is 0 Å². The van der Waals surface area contributed by atoms with Gasteiger partial charge in [0, 0.05) is 19.1 Å². The van der Waals surface area contributed by atoms with Crippen LogP contribution in [0, 0.1) is 5.92 Å². The van der Waals surface area contributed by atoms with Crippen molar-refractivity contribution >= 4 is 30.1 Å². The summed E-state index contributed by atoms with van der Waals surface area (Å²) in [5.74, 6) is 0.976. The van der Waals surface area contributed by atoms with Crippen LogP contribution in [-0.4, -0.2) is 36.2 Å². The van der Waals surface area contributed by atoms with Crippen molar-refractivity contribution in [2.24, 2.45) is 11.7 Å². The van der Waals surface area contributed by atoms with Gasteiger partial charge in [0.1, 0.15) is 0 Å². The fourth-order valence-corrected chi connectivity index (χ4v) is 2.71. The van der Waals surface area contributed by atoms with Crippen LogP contribution in [0.3, 0.4) is 0 Å². The molecule has 1 aliphatic heterocycles. The zero-order chi connectivity index (χ0) is 13.1. The lowest BCUT2D eigenvalue weighted by Gasteiger charge is -2.33. The number of carbonyl (C=O) groups is 1. The van der Waals surface area contributed by atoms with E-state index in [-0.39, 0.29) is 24.4 Å². The molecular formula is C13H21ClN2O2S. The number of carbonyl (C=O) groups excluding carboxylic acids is 1. The molecular weight excluding hydrogens is 284 g/mol. The molecule has 1 aromatic rings. The first kappa shape index (κ1) is 16.4. The minimum Gasteiger partial charge on any atom is -0.445 e. The predicted octanol–water partition coefficient (Wildman–Crippen LogP) is 2.62. The Labute approximate surface area is 124 Å². The molecule has 0 aliphatic carbocycles. The molecule has 0 saturated carbocycles. The van der Waals surface area contributed by atoms with Gasteiger partial charge in [-0.1, -0.05) is 11.8 Å². The zero-order valence-electron chi connectivity index (χ0n) is 11.3. The second-order valence-corrected chi connectivity index (χ2v) is 5.62. The second kappa shape index (κ2) is 7.22. The summed E-state index contributed by atoms with van der Waals surface area (Å²) >= 11 is 1.50. The van der Waals surface area contributed by atoms with Crippen molar-refractivity contribution in [3.63, 3.8) is 0 Å². The molecule has 0 bridgehead atoms. The van der Waals surface area contributed by atoms with E-state index in [1.54, 1.807) is 6.07 Å². The number of amides is 1. The highest BCUT2D eigenvalue weighted by Gasteiger charge is 2.26. The van der Waals surface area contributed by atoms with Gasteiger partial charge in [0.2, 0.25) is 0 Å². The first-order chi connectivity index (χ1) is 8.61. The number of hydrogen-bond donors (Lipinski definition) is 1. The van der Waals surface area contributed by atoms with Crippen LogP contribution in [0.4, 0.5) is 0 Å². The van der Waals surface area contributed by atoms with Crippen molar-refractivity contribution < 1.29 is 9.21 Å². The Balaban J connectivity index is 0.00000180. The number of hydrogen-bond acceptors (Lipinski definition) is 4. The van der Waals surface area contributed by atoms with Gasteiger partial charge in [0.05, 0.1) is 0 Å². The van der Waals surface area contributed by atoms with E-state index < -0.39 is 0 Å². The summed E-state index contributed by atoms with van der Waals surface area (Å²) in [4.78, 5) is 14.1. The van der Waals surface area contributed by atoms with Crippen LogP contribution in [0.25, 0.3) is 0 Å². The van der Waals surface area contributed by atoms with E-state index in [4.69, 9.17) is 10.2 Å². The monoisotopic (exact) mass is 304 g/mol. The normalized spacial score (nSPS) is 17.9. The lowest BCUT2D eigenvalue weighted by atomic mass is 9.91. The molecule has 2 rings (SSSR count). The van der Waals surface area contributed by atoms with Gasteiger partial charge >= 0.3 is 0 Å². The molecule has 1 unspecified atom stereocenters. The lowest BCUT2D eigenvalue weighted by Crippen LogP contribution is -2.42. The summed E-state index contributed by atoms with van der Waals surface area (Å²) in [6, 6.07) is 3.81. The maximum absolute atomic E-state index is 12.2.